The fourth-order valence-electron chi connectivity index (χ4n) is 2.08. The molecule has 1 aliphatic rings. The molecular weight excluding hydrogens is 315 g/mol. The normalized spacial score (nSPS) is 16.5. The van der Waals surface area contributed by atoms with Crippen LogP contribution >= 0.6 is 24.8 Å². The van der Waals surface area contributed by atoms with Crippen molar-refractivity contribution in [1.29, 1.82) is 0 Å². The molecule has 0 aromatic rings. The van der Waals surface area contributed by atoms with Crippen LogP contribution in [0.25, 0.3) is 0 Å². The molecule has 2 N–H and O–H groups in total. The van der Waals surface area contributed by atoms with Crippen LogP contribution < -0.4 is 5.73 Å². The second-order valence-electron chi connectivity index (χ2n) is 5.34. The van der Waals surface area contributed by atoms with Crippen LogP contribution in [0.2, 0.25) is 0 Å². The molecule has 0 spiro atoms. The monoisotopic (exact) mass is 342 g/mol. The van der Waals surface area contributed by atoms with Gasteiger partial charge in [-0.1, -0.05) is 6.92 Å². The Morgan fingerprint density at radius 2 is 1.67 bits per heavy atom. The number of hydrogen-bond acceptors (Lipinski definition) is 4. The van der Waals surface area contributed by atoms with Gasteiger partial charge >= 0.3 is 0 Å². The van der Waals surface area contributed by atoms with Crippen LogP contribution in [-0.4, -0.2) is 79.9 Å². The van der Waals surface area contributed by atoms with Crippen molar-refractivity contribution in [1.82, 2.24) is 14.7 Å². The standard InChI is InChI=1S/C13H26N4O2.2ClH/c1-11(10-14)13(19)17-8-6-16(7-9-17)5-4-12(18)15(2)3;;/h11H,4-10,14H2,1-3H3;2*1H. The van der Waals surface area contributed by atoms with Crippen molar-refractivity contribution in [2.24, 2.45) is 11.7 Å². The van der Waals surface area contributed by atoms with E-state index in [0.29, 0.717) is 13.0 Å². The van der Waals surface area contributed by atoms with Gasteiger partial charge in [-0.2, -0.15) is 0 Å². The first-order valence-corrected chi connectivity index (χ1v) is 6.87. The molecule has 2 amide bonds. The predicted molar refractivity (Wildman–Crippen MR) is 89.0 cm³/mol. The third-order valence-electron chi connectivity index (χ3n) is 3.60. The van der Waals surface area contributed by atoms with E-state index in [2.05, 4.69) is 4.90 Å². The van der Waals surface area contributed by atoms with Crippen LogP contribution in [0.5, 0.6) is 0 Å². The van der Waals surface area contributed by atoms with Crippen molar-refractivity contribution in [3.05, 3.63) is 0 Å². The summed E-state index contributed by atoms with van der Waals surface area (Å²) in [5, 5.41) is 0. The molecule has 0 aromatic carbocycles. The summed E-state index contributed by atoms with van der Waals surface area (Å²) in [6.45, 7) is 6.18. The molecule has 21 heavy (non-hydrogen) atoms. The van der Waals surface area contributed by atoms with E-state index in [1.54, 1.807) is 19.0 Å². The molecule has 8 heteroatoms. The maximum absolute atomic E-state index is 12.0. The lowest BCUT2D eigenvalue weighted by Crippen LogP contribution is -2.51. The molecule has 1 saturated heterocycles. The lowest BCUT2D eigenvalue weighted by Gasteiger charge is -2.35. The van der Waals surface area contributed by atoms with E-state index in [4.69, 9.17) is 5.73 Å². The second-order valence-corrected chi connectivity index (χ2v) is 5.34. The Bertz CT molecular complexity index is 321. The summed E-state index contributed by atoms with van der Waals surface area (Å²) in [4.78, 5) is 29.2. The third kappa shape index (κ3) is 7.31. The van der Waals surface area contributed by atoms with Crippen molar-refractivity contribution in [2.45, 2.75) is 13.3 Å². The minimum absolute atomic E-state index is 0. The quantitative estimate of drug-likeness (QED) is 0.766. The van der Waals surface area contributed by atoms with Crippen molar-refractivity contribution in [2.75, 3.05) is 53.4 Å². The van der Waals surface area contributed by atoms with Gasteiger partial charge < -0.3 is 15.5 Å². The van der Waals surface area contributed by atoms with Crippen LogP contribution in [0, 0.1) is 5.92 Å². The van der Waals surface area contributed by atoms with Gasteiger partial charge in [-0.05, 0) is 0 Å². The lowest BCUT2D eigenvalue weighted by atomic mass is 10.1. The number of hydrogen-bond donors (Lipinski definition) is 1. The van der Waals surface area contributed by atoms with E-state index >= 15 is 0 Å². The molecule has 0 bridgehead atoms. The highest BCUT2D eigenvalue weighted by atomic mass is 35.5. The molecule has 0 aliphatic carbocycles. The Labute approximate surface area is 139 Å². The first kappa shape index (κ1) is 22.7. The number of halogens is 2. The average Bonchev–Trinajstić information content (AvgIpc) is 2.43. The molecule has 1 unspecified atom stereocenters. The summed E-state index contributed by atoms with van der Waals surface area (Å²) in [7, 11) is 3.54. The first-order chi connectivity index (χ1) is 8.95. The highest BCUT2D eigenvalue weighted by Crippen LogP contribution is 2.07. The van der Waals surface area contributed by atoms with Crippen LogP contribution in [0.1, 0.15) is 13.3 Å². The van der Waals surface area contributed by atoms with Crippen LogP contribution in [0.3, 0.4) is 0 Å². The molecule has 1 aliphatic heterocycles. The molecule has 126 valence electrons. The smallest absolute Gasteiger partial charge is 0.226 e. The maximum atomic E-state index is 12.0. The number of carbonyl (C=O) groups is 2. The largest absolute Gasteiger partial charge is 0.349 e. The predicted octanol–water partition coefficient (Wildman–Crippen LogP) is 0.0473. The number of amides is 2. The van der Waals surface area contributed by atoms with Crippen LogP contribution in [0.15, 0.2) is 0 Å². The van der Waals surface area contributed by atoms with Crippen LogP contribution in [0.4, 0.5) is 0 Å². The van der Waals surface area contributed by atoms with Gasteiger partial charge in [0.05, 0.1) is 0 Å². The van der Waals surface area contributed by atoms with Crippen molar-refractivity contribution in [3.63, 3.8) is 0 Å². The number of rotatable bonds is 5. The third-order valence-corrected chi connectivity index (χ3v) is 3.60. The van der Waals surface area contributed by atoms with Gasteiger partial charge in [0.15, 0.2) is 0 Å². The number of nitrogens with zero attached hydrogens (tertiary/aromatic N) is 3. The van der Waals surface area contributed by atoms with E-state index in [9.17, 15) is 9.59 Å². The first-order valence-electron chi connectivity index (χ1n) is 6.87. The Hall–Kier alpha value is -0.560. The zero-order chi connectivity index (χ0) is 14.4. The molecule has 0 aromatic heterocycles. The van der Waals surface area contributed by atoms with E-state index in [1.807, 2.05) is 11.8 Å². The zero-order valence-corrected chi connectivity index (χ0v) is 14.7. The Morgan fingerprint density at radius 3 is 2.10 bits per heavy atom. The van der Waals surface area contributed by atoms with E-state index in [-0.39, 0.29) is 42.5 Å². The molecule has 1 rings (SSSR count). The van der Waals surface area contributed by atoms with E-state index in [0.717, 1.165) is 32.7 Å². The Morgan fingerprint density at radius 1 is 1.14 bits per heavy atom. The molecule has 0 radical (unpaired) electrons. The second kappa shape index (κ2) is 11.1. The fraction of sp³-hybridized carbons (Fsp3) is 0.846. The van der Waals surface area contributed by atoms with Gasteiger partial charge in [-0.3, -0.25) is 14.5 Å². The zero-order valence-electron chi connectivity index (χ0n) is 13.1. The molecule has 1 heterocycles. The maximum Gasteiger partial charge on any atom is 0.226 e. The fourth-order valence-corrected chi connectivity index (χ4v) is 2.08. The summed E-state index contributed by atoms with van der Waals surface area (Å²) in [6.07, 6.45) is 0.542. The van der Waals surface area contributed by atoms with Gasteiger partial charge in [0, 0.05) is 65.7 Å². The molecule has 1 atom stereocenters. The summed E-state index contributed by atoms with van der Waals surface area (Å²) in [6, 6.07) is 0. The molecule has 0 saturated carbocycles. The van der Waals surface area contributed by atoms with Crippen LogP contribution in [-0.2, 0) is 9.59 Å². The van der Waals surface area contributed by atoms with E-state index < -0.39 is 0 Å². The van der Waals surface area contributed by atoms with Gasteiger partial charge in [-0.25, -0.2) is 0 Å². The Balaban J connectivity index is 0. The summed E-state index contributed by atoms with van der Waals surface area (Å²) in [5.74, 6) is 0.198. The van der Waals surface area contributed by atoms with Gasteiger partial charge in [0.2, 0.25) is 11.8 Å². The number of nitrogens with two attached hydrogens (primary N) is 1. The van der Waals surface area contributed by atoms with Gasteiger partial charge in [0.25, 0.3) is 0 Å². The summed E-state index contributed by atoms with van der Waals surface area (Å²) in [5.41, 5.74) is 5.52. The lowest BCUT2D eigenvalue weighted by molar-refractivity contribution is -0.137. The van der Waals surface area contributed by atoms with Crippen molar-refractivity contribution < 1.29 is 9.59 Å². The van der Waals surface area contributed by atoms with Gasteiger partial charge in [0.1, 0.15) is 0 Å². The number of carbonyl (C=O) groups excluding carboxylic acids is 2. The average molecular weight is 343 g/mol. The molecule has 1 fully saturated rings. The van der Waals surface area contributed by atoms with E-state index in [1.165, 1.54) is 0 Å². The molecule has 6 nitrogen and oxygen atoms in total. The topological polar surface area (TPSA) is 69.9 Å². The van der Waals surface area contributed by atoms with Crippen molar-refractivity contribution in [3.8, 4) is 0 Å². The highest BCUT2D eigenvalue weighted by molar-refractivity contribution is 5.85. The molecular formula is C13H28Cl2N4O2. The highest BCUT2D eigenvalue weighted by Gasteiger charge is 2.24. The summed E-state index contributed by atoms with van der Waals surface area (Å²) >= 11 is 0. The SMILES string of the molecule is CC(CN)C(=O)N1CCN(CCC(=O)N(C)C)CC1.Cl.Cl. The minimum atomic E-state index is -0.0955. The summed E-state index contributed by atoms with van der Waals surface area (Å²) < 4.78 is 0. The minimum Gasteiger partial charge on any atom is -0.349 e. The Kier molecular flexibility index (Phi) is 12.0. The van der Waals surface area contributed by atoms with Crippen molar-refractivity contribution >= 4 is 36.6 Å². The van der Waals surface area contributed by atoms with Gasteiger partial charge in [-0.15, -0.1) is 24.8 Å². The number of piperazine rings is 1.